The molecule has 0 heterocycles. The van der Waals surface area contributed by atoms with E-state index in [1.165, 1.54) is 0 Å². The van der Waals surface area contributed by atoms with Crippen molar-refractivity contribution in [3.63, 3.8) is 0 Å². The van der Waals surface area contributed by atoms with Crippen LogP contribution < -0.4 is 43.8 Å². The predicted molar refractivity (Wildman–Crippen MR) is 116 cm³/mol. The summed E-state index contributed by atoms with van der Waals surface area (Å²) in [5.74, 6) is -4.37. The second-order valence-electron chi connectivity index (χ2n) is 5.15. The van der Waals surface area contributed by atoms with Gasteiger partial charge in [0.1, 0.15) is 0 Å². The number of aliphatic carboxylic acids is 2. The molecule has 266 valence electrons. The minimum atomic E-state index is -10.7. The van der Waals surface area contributed by atoms with E-state index in [1.807, 2.05) is 0 Å². The molecule has 40 heavy (non-hydrogen) atoms. The van der Waals surface area contributed by atoms with Crippen LogP contribution in [0, 0.1) is 0 Å². The molecule has 0 aliphatic rings. The molecule has 0 fully saturated rings. The van der Waals surface area contributed by atoms with Crippen LogP contribution in [0.4, 0.5) is 50.4 Å². The fourth-order valence-corrected chi connectivity index (χ4v) is 0.658. The largest absolute Gasteiger partial charge is 2.00 e. The number of hydrogen-bond donors (Lipinski definition) is 6. The molecular formula is C10H36F12N6Ni2O8P2+2. The van der Waals surface area contributed by atoms with Crippen molar-refractivity contribution >= 4 is 27.6 Å². The Kier molecular flexibility index (Phi) is 47.2. The van der Waals surface area contributed by atoms with Gasteiger partial charge in [-0.1, -0.05) is 0 Å². The van der Waals surface area contributed by atoms with Gasteiger partial charge in [-0.15, -0.1) is 0 Å². The van der Waals surface area contributed by atoms with E-state index in [0.29, 0.717) is 26.2 Å². The first-order valence-electron chi connectivity index (χ1n) is 8.14. The molecule has 0 aromatic rings. The molecule has 0 saturated carbocycles. The molecule has 0 saturated heterocycles. The van der Waals surface area contributed by atoms with E-state index < -0.39 is 27.6 Å². The van der Waals surface area contributed by atoms with Crippen molar-refractivity contribution in [3.05, 3.63) is 0 Å². The van der Waals surface area contributed by atoms with Gasteiger partial charge < -0.3 is 75.3 Å². The third-order valence-corrected chi connectivity index (χ3v) is 1.45. The second kappa shape index (κ2) is 26.2. The van der Waals surface area contributed by atoms with Gasteiger partial charge in [0.25, 0.3) is 0 Å². The van der Waals surface area contributed by atoms with Crippen LogP contribution in [0.15, 0.2) is 0 Å². The Bertz CT molecular complexity index is 501. The van der Waals surface area contributed by atoms with Crippen LogP contribution in [0.3, 0.4) is 0 Å². The SMILES string of the molecule is F[P-](F)(F)(F)(F)F.F[P-](F)(F)(F)(F)F.NCCNCCN.NCCNCCN.O.O.O=C([O-])C(=O)[O-].[Ni+2].[Ni+2].[OH3+].[OH3+]. The maximum absolute atomic E-state index is 10.7. The molecule has 30 heteroatoms. The first kappa shape index (κ1) is 72.1. The maximum atomic E-state index is 9.87. The van der Waals surface area contributed by atoms with E-state index >= 15 is 0 Å². The fraction of sp³-hybridized carbons (Fsp3) is 0.800. The zero-order valence-corrected chi connectivity index (χ0v) is 23.6. The summed E-state index contributed by atoms with van der Waals surface area (Å²) in [6, 6.07) is 0. The Labute approximate surface area is 238 Å². The Morgan fingerprint density at radius 3 is 0.650 bits per heavy atom. The Hall–Kier alpha value is -0.453. The normalized spacial score (nSPS) is 12.5. The van der Waals surface area contributed by atoms with Crippen molar-refractivity contribution in [2.45, 2.75) is 0 Å². The number of carboxylic acid groups (broad SMARTS) is 2. The molecule has 0 aromatic heterocycles. The average molecular weight is 776 g/mol. The number of carbonyl (C=O) groups is 2. The molecule has 0 spiro atoms. The van der Waals surface area contributed by atoms with Crippen molar-refractivity contribution in [2.75, 3.05) is 52.4 Å². The van der Waals surface area contributed by atoms with E-state index in [0.717, 1.165) is 26.2 Å². The first-order chi connectivity index (χ1) is 14.4. The molecule has 0 radical (unpaired) electrons. The summed E-state index contributed by atoms with van der Waals surface area (Å²) < 4.78 is 118. The first-order valence-corrected chi connectivity index (χ1v) is 12.2. The van der Waals surface area contributed by atoms with Gasteiger partial charge in [0, 0.05) is 52.4 Å². The smallest absolute Gasteiger partial charge is 0.543 e. The summed E-state index contributed by atoms with van der Waals surface area (Å²) in [5.41, 5.74) is 20.7. The summed E-state index contributed by atoms with van der Waals surface area (Å²) >= 11 is 0. The molecule has 0 bridgehead atoms. The number of hydrogen-bond acceptors (Lipinski definition) is 10. The summed E-state index contributed by atoms with van der Waals surface area (Å²) in [4.78, 5) is 17.9. The zero-order valence-electron chi connectivity index (χ0n) is 19.8. The summed E-state index contributed by atoms with van der Waals surface area (Å²) in [7, 11) is -21.3. The number of carbonyl (C=O) groups excluding carboxylic acids is 2. The van der Waals surface area contributed by atoms with E-state index in [1.54, 1.807) is 0 Å². The van der Waals surface area contributed by atoms with Gasteiger partial charge in [0.15, 0.2) is 0 Å². The van der Waals surface area contributed by atoms with Crippen LogP contribution >= 0.6 is 15.6 Å². The molecule has 0 atom stereocenters. The molecule has 0 rings (SSSR count). The topological polar surface area (TPSA) is 337 Å². The summed E-state index contributed by atoms with van der Waals surface area (Å²) in [6.45, 7) is 6.27. The molecule has 0 aliphatic carbocycles. The average Bonchev–Trinajstić information content (AvgIpc) is 2.51. The van der Waals surface area contributed by atoms with Gasteiger partial charge >= 0.3 is 99.0 Å². The van der Waals surface area contributed by atoms with Crippen molar-refractivity contribution in [3.8, 4) is 0 Å². The number of nitrogens with two attached hydrogens (primary N) is 4. The monoisotopic (exact) mass is 774 g/mol. The van der Waals surface area contributed by atoms with Crippen LogP contribution in [0.25, 0.3) is 0 Å². The quantitative estimate of drug-likeness (QED) is 0.0357. The van der Waals surface area contributed by atoms with Gasteiger partial charge in [-0.05, 0) is 0 Å². The Morgan fingerprint density at radius 1 is 0.500 bits per heavy atom. The second-order valence-corrected chi connectivity index (χ2v) is 8.98. The van der Waals surface area contributed by atoms with E-state index in [-0.39, 0.29) is 54.9 Å². The molecule has 0 amide bonds. The Balaban J connectivity index is -0.0000000282. The summed E-state index contributed by atoms with van der Waals surface area (Å²) in [6.07, 6.45) is 0. The van der Waals surface area contributed by atoms with Crippen molar-refractivity contribution in [1.82, 2.24) is 10.6 Å². The van der Waals surface area contributed by atoms with Crippen LogP contribution in [0.5, 0.6) is 0 Å². The molecule has 0 aromatic carbocycles. The van der Waals surface area contributed by atoms with E-state index in [9.17, 15) is 50.4 Å². The standard InChI is InChI=1S/2C4H13N3.C2H2O4.2F6P.2Ni.4H2O/c2*5-1-3-7-4-2-6;3-1(4)2(5)6;2*1-7(2,3,4,5)6;;;;;;/h2*7H,1-6H2;(H,3,4)(H,5,6);;;;;4*1H2/q;;;2*-1;2*+2;;;;. The minimum Gasteiger partial charge on any atom is -0.543 e. The zero-order chi connectivity index (χ0) is 29.0. The number of halogens is 12. The number of carboxylic acids is 2. The van der Waals surface area contributed by atoms with Crippen molar-refractivity contribution in [2.24, 2.45) is 22.9 Å². The third kappa shape index (κ3) is 376. The molecule has 0 aliphatic heterocycles. The fourth-order valence-electron chi connectivity index (χ4n) is 0.658. The Morgan fingerprint density at radius 2 is 0.600 bits per heavy atom. The van der Waals surface area contributed by atoms with E-state index in [4.69, 9.17) is 42.7 Å². The molecule has 0 unspecified atom stereocenters. The van der Waals surface area contributed by atoms with Gasteiger partial charge in [0.05, 0.1) is 11.9 Å². The van der Waals surface area contributed by atoms with Crippen molar-refractivity contribution in [1.29, 1.82) is 0 Å². The van der Waals surface area contributed by atoms with Gasteiger partial charge in [-0.2, -0.15) is 0 Å². The van der Waals surface area contributed by atoms with E-state index in [2.05, 4.69) is 10.6 Å². The molecular weight excluding hydrogens is 739 g/mol. The number of nitrogens with one attached hydrogen (secondary N) is 2. The predicted octanol–water partition coefficient (Wildman–Crippen LogP) is -3.26. The molecule has 20 N–H and O–H groups in total. The number of rotatable bonds is 8. The van der Waals surface area contributed by atoms with Gasteiger partial charge in [-0.3, -0.25) is 0 Å². The summed E-state index contributed by atoms with van der Waals surface area (Å²) in [5, 5.41) is 23.9. The van der Waals surface area contributed by atoms with Crippen LogP contribution in [0.1, 0.15) is 0 Å². The third-order valence-electron chi connectivity index (χ3n) is 1.45. The van der Waals surface area contributed by atoms with Gasteiger partial charge in [-0.25, -0.2) is 0 Å². The van der Waals surface area contributed by atoms with Crippen LogP contribution in [-0.2, 0) is 53.5 Å². The van der Waals surface area contributed by atoms with Crippen molar-refractivity contribution < 1.29 is 125 Å². The van der Waals surface area contributed by atoms with Crippen LogP contribution in [0.2, 0.25) is 0 Å². The molecule has 14 nitrogen and oxygen atoms in total. The maximum Gasteiger partial charge on any atom is 2.00 e. The minimum absolute atomic E-state index is 0. The van der Waals surface area contributed by atoms with Crippen LogP contribution in [-0.4, -0.2) is 75.2 Å². The van der Waals surface area contributed by atoms with Gasteiger partial charge in [0.2, 0.25) is 0 Å².